The molecule has 1 aliphatic carbocycles. The van der Waals surface area contributed by atoms with Crippen molar-refractivity contribution in [3.05, 3.63) is 118 Å². The zero-order chi connectivity index (χ0) is 25.1. The summed E-state index contributed by atoms with van der Waals surface area (Å²) in [6, 6.07) is 3.21. The van der Waals surface area contributed by atoms with Crippen molar-refractivity contribution in [3.8, 4) is 5.75 Å². The molecule has 34 heavy (non-hydrogen) atoms. The summed E-state index contributed by atoms with van der Waals surface area (Å²) in [5, 5.41) is 9.96. The molecule has 2 aromatic rings. The highest BCUT2D eigenvalue weighted by Crippen LogP contribution is 2.24. The predicted molar refractivity (Wildman–Crippen MR) is 131 cm³/mol. The molecule has 1 heterocycles. The molecule has 8 heteroatoms. The minimum atomic E-state index is -0.695. The highest BCUT2D eigenvalue weighted by molar-refractivity contribution is 5.71. The molecule has 1 aliphatic rings. The first kappa shape index (κ1) is 26.2. The van der Waals surface area contributed by atoms with Gasteiger partial charge in [-0.15, -0.1) is 0 Å². The Hall–Kier alpha value is -4.07. The SMILES string of the molecule is C=C/C=C\C=NC.COc1cn(Cc2cc(F)cc(F)c2)c(C2C=C(C)C=CC(O)=C2)nc1=O. The summed E-state index contributed by atoms with van der Waals surface area (Å²) in [6.45, 7) is 5.40. The highest BCUT2D eigenvalue weighted by atomic mass is 19.1. The van der Waals surface area contributed by atoms with Crippen LogP contribution in [0.1, 0.15) is 24.2 Å². The number of ether oxygens (including phenoxy) is 1. The minimum Gasteiger partial charge on any atom is -0.508 e. The maximum absolute atomic E-state index is 13.6. The van der Waals surface area contributed by atoms with Crippen LogP contribution in [0.25, 0.3) is 0 Å². The average Bonchev–Trinajstić information content (AvgIpc) is 2.95. The van der Waals surface area contributed by atoms with E-state index in [2.05, 4.69) is 16.6 Å². The first-order valence-corrected chi connectivity index (χ1v) is 10.3. The summed E-state index contributed by atoms with van der Waals surface area (Å²) < 4.78 is 33.7. The number of allylic oxidation sites excluding steroid dienone is 8. The predicted octanol–water partition coefficient (Wildman–Crippen LogP) is 5.05. The minimum absolute atomic E-state index is 0.0104. The molecule has 1 atom stereocenters. The highest BCUT2D eigenvalue weighted by Gasteiger charge is 2.18. The van der Waals surface area contributed by atoms with Gasteiger partial charge in [0.05, 0.1) is 19.2 Å². The van der Waals surface area contributed by atoms with Crippen molar-refractivity contribution in [2.24, 2.45) is 4.99 Å². The van der Waals surface area contributed by atoms with Crippen LogP contribution in [0.5, 0.6) is 5.75 Å². The number of rotatable bonds is 6. The van der Waals surface area contributed by atoms with Crippen LogP contribution in [0.4, 0.5) is 8.78 Å². The summed E-state index contributed by atoms with van der Waals surface area (Å²) in [7, 11) is 3.07. The first-order chi connectivity index (χ1) is 16.3. The van der Waals surface area contributed by atoms with Gasteiger partial charge in [0.25, 0.3) is 0 Å². The molecule has 3 rings (SSSR count). The van der Waals surface area contributed by atoms with Gasteiger partial charge in [0.15, 0.2) is 0 Å². The Morgan fingerprint density at radius 1 is 1.21 bits per heavy atom. The van der Waals surface area contributed by atoms with E-state index in [9.17, 15) is 18.7 Å². The zero-order valence-corrected chi connectivity index (χ0v) is 19.3. The molecular weight excluding hydrogens is 440 g/mol. The number of benzene rings is 1. The molecule has 178 valence electrons. The summed E-state index contributed by atoms with van der Waals surface area (Å²) >= 11 is 0. The smallest absolute Gasteiger partial charge is 0.315 e. The van der Waals surface area contributed by atoms with Crippen molar-refractivity contribution >= 4 is 6.21 Å². The number of hydrogen-bond acceptors (Lipinski definition) is 5. The van der Waals surface area contributed by atoms with Gasteiger partial charge in [-0.25, -0.2) is 8.78 Å². The fourth-order valence-corrected chi connectivity index (χ4v) is 3.12. The largest absolute Gasteiger partial charge is 0.508 e. The third-order valence-electron chi connectivity index (χ3n) is 4.58. The fraction of sp³-hybridized carbons (Fsp3) is 0.192. The van der Waals surface area contributed by atoms with Crippen molar-refractivity contribution in [3.63, 3.8) is 0 Å². The lowest BCUT2D eigenvalue weighted by molar-refractivity contribution is 0.399. The van der Waals surface area contributed by atoms with Crippen LogP contribution in [0.2, 0.25) is 0 Å². The van der Waals surface area contributed by atoms with E-state index in [0.717, 1.165) is 11.6 Å². The molecular formula is C26H27F2N3O3. The van der Waals surface area contributed by atoms with E-state index in [-0.39, 0.29) is 18.1 Å². The van der Waals surface area contributed by atoms with Gasteiger partial charge in [0, 0.05) is 25.9 Å². The molecule has 0 fully saturated rings. The molecule has 0 saturated carbocycles. The van der Waals surface area contributed by atoms with Crippen LogP contribution in [0, 0.1) is 11.6 Å². The fourth-order valence-electron chi connectivity index (χ4n) is 3.12. The molecule has 1 aromatic carbocycles. The van der Waals surface area contributed by atoms with Crippen LogP contribution in [-0.4, -0.2) is 35.0 Å². The maximum Gasteiger partial charge on any atom is 0.315 e. The molecule has 0 aliphatic heterocycles. The van der Waals surface area contributed by atoms with Crippen LogP contribution < -0.4 is 10.3 Å². The van der Waals surface area contributed by atoms with Gasteiger partial charge in [0.1, 0.15) is 23.2 Å². The van der Waals surface area contributed by atoms with E-state index < -0.39 is 23.1 Å². The quantitative estimate of drug-likeness (QED) is 0.477. The standard InChI is InChI=1S/C20H18F2N2O3.C6H9N/c1-12-3-4-17(25)8-14(5-12)19-23-20(26)18(27-2)11-24(19)10-13-6-15(21)9-16(22)7-13;1-3-4-5-6-7-2/h3-9,11,14,25H,10H2,1-2H3;3-6H,1H2,2H3/b;5-4-,7-6?. The number of hydrogen-bond donors (Lipinski definition) is 1. The Morgan fingerprint density at radius 2 is 1.91 bits per heavy atom. The number of halogens is 2. The topological polar surface area (TPSA) is 76.7 Å². The van der Waals surface area contributed by atoms with Gasteiger partial charge in [-0.05, 0) is 42.8 Å². The molecule has 1 aromatic heterocycles. The lowest BCUT2D eigenvalue weighted by Gasteiger charge is -2.18. The summed E-state index contributed by atoms with van der Waals surface area (Å²) in [6.07, 6.45) is 15.2. The Bertz CT molecular complexity index is 1180. The Labute approximate surface area is 197 Å². The lowest BCUT2D eigenvalue weighted by Crippen LogP contribution is -2.21. The molecule has 0 saturated heterocycles. The number of aliphatic imine (C=N–C) groups is 1. The van der Waals surface area contributed by atoms with Crippen molar-refractivity contribution in [2.45, 2.75) is 19.4 Å². The van der Waals surface area contributed by atoms with Gasteiger partial charge in [0.2, 0.25) is 5.75 Å². The van der Waals surface area contributed by atoms with Crippen molar-refractivity contribution in [1.29, 1.82) is 0 Å². The van der Waals surface area contributed by atoms with Crippen LogP contribution >= 0.6 is 0 Å². The van der Waals surface area contributed by atoms with Gasteiger partial charge >= 0.3 is 5.56 Å². The monoisotopic (exact) mass is 467 g/mol. The lowest BCUT2D eigenvalue weighted by atomic mass is 10.0. The van der Waals surface area contributed by atoms with E-state index in [1.165, 1.54) is 25.4 Å². The van der Waals surface area contributed by atoms with Crippen molar-refractivity contribution < 1.29 is 18.6 Å². The van der Waals surface area contributed by atoms with E-state index >= 15 is 0 Å². The molecule has 0 amide bonds. The van der Waals surface area contributed by atoms with Gasteiger partial charge < -0.3 is 14.4 Å². The van der Waals surface area contributed by atoms with Gasteiger partial charge in [-0.1, -0.05) is 36.5 Å². The van der Waals surface area contributed by atoms with Crippen LogP contribution in [0.3, 0.4) is 0 Å². The second-order valence-corrected chi connectivity index (χ2v) is 7.27. The molecule has 0 radical (unpaired) electrons. The second kappa shape index (κ2) is 12.8. The Morgan fingerprint density at radius 3 is 2.53 bits per heavy atom. The maximum atomic E-state index is 13.6. The molecule has 6 nitrogen and oxygen atoms in total. The number of aliphatic hydroxyl groups excluding tert-OH is 1. The van der Waals surface area contributed by atoms with E-state index in [4.69, 9.17) is 4.74 Å². The van der Waals surface area contributed by atoms with Crippen LogP contribution in [0.15, 0.2) is 94.6 Å². The van der Waals surface area contributed by atoms with Crippen molar-refractivity contribution in [2.75, 3.05) is 14.2 Å². The molecule has 1 unspecified atom stereocenters. The Kier molecular flexibility index (Phi) is 9.89. The summed E-state index contributed by atoms with van der Waals surface area (Å²) in [5.74, 6) is -1.53. The average molecular weight is 468 g/mol. The van der Waals surface area contributed by atoms with Crippen LogP contribution in [-0.2, 0) is 6.54 Å². The Balaban J connectivity index is 0.000000509. The van der Waals surface area contributed by atoms with Gasteiger partial charge in [-0.3, -0.25) is 9.79 Å². The number of aromatic nitrogens is 2. The number of methoxy groups -OCH3 is 1. The van der Waals surface area contributed by atoms with Crippen molar-refractivity contribution in [1.82, 2.24) is 9.55 Å². The molecule has 1 N–H and O–H groups in total. The van der Waals surface area contributed by atoms with Gasteiger partial charge in [-0.2, -0.15) is 4.98 Å². The number of aliphatic hydroxyl groups is 1. The third-order valence-corrected chi connectivity index (χ3v) is 4.58. The second-order valence-electron chi connectivity index (χ2n) is 7.27. The number of nitrogens with zero attached hydrogens (tertiary/aromatic N) is 3. The summed E-state index contributed by atoms with van der Waals surface area (Å²) in [5.41, 5.74) is 0.668. The third kappa shape index (κ3) is 7.81. The van der Waals surface area contributed by atoms with E-state index in [0.29, 0.717) is 11.4 Å². The summed E-state index contributed by atoms with van der Waals surface area (Å²) in [4.78, 5) is 20.0. The molecule has 0 spiro atoms. The van der Waals surface area contributed by atoms with E-state index in [1.807, 2.05) is 25.2 Å². The zero-order valence-electron chi connectivity index (χ0n) is 19.3. The normalized spacial score (nSPS) is 15.4. The first-order valence-electron chi connectivity index (χ1n) is 10.3. The molecule has 0 bridgehead atoms. The van der Waals surface area contributed by atoms with E-state index in [1.54, 1.807) is 42.1 Å².